The first-order valence-electron chi connectivity index (χ1n) is 9.74. The number of imidazole rings is 1. The summed E-state index contributed by atoms with van der Waals surface area (Å²) in [4.78, 5) is 7.63. The van der Waals surface area contributed by atoms with Crippen molar-refractivity contribution in [2.45, 2.75) is 4.90 Å². The molecule has 0 bridgehead atoms. The minimum atomic E-state index is -4.30. The zero-order valence-electron chi connectivity index (χ0n) is 16.9. The van der Waals surface area contributed by atoms with E-state index in [1.807, 2.05) is 18.2 Å². The Hall–Kier alpha value is -4.18. The number of sulfonamides is 1. The second kappa shape index (κ2) is 8.06. The van der Waals surface area contributed by atoms with Crippen LogP contribution in [-0.4, -0.2) is 28.0 Å². The highest BCUT2D eigenvalue weighted by molar-refractivity contribution is 7.92. The van der Waals surface area contributed by atoms with Crippen LogP contribution >= 0.6 is 0 Å². The summed E-state index contributed by atoms with van der Waals surface area (Å²) in [5.74, 6) is -1.89. The van der Waals surface area contributed by atoms with Crippen LogP contribution in [0, 0.1) is 11.6 Å². The van der Waals surface area contributed by atoms with Gasteiger partial charge in [0.2, 0.25) is 0 Å². The smallest absolute Gasteiger partial charge is 0.264 e. The number of nitrogens with one attached hydrogen (secondary N) is 1. The fourth-order valence-corrected chi connectivity index (χ4v) is 4.50. The number of fused-ring (bicyclic) bond motifs is 1. The van der Waals surface area contributed by atoms with Crippen molar-refractivity contribution in [1.82, 2.24) is 19.6 Å². The van der Waals surface area contributed by atoms with Gasteiger partial charge in [0.05, 0.1) is 17.6 Å². The van der Waals surface area contributed by atoms with E-state index in [0.717, 1.165) is 29.0 Å². The maximum atomic E-state index is 13.9. The Labute approximate surface area is 187 Å². The van der Waals surface area contributed by atoms with Crippen LogP contribution in [0.5, 0.6) is 0 Å². The van der Waals surface area contributed by atoms with Crippen molar-refractivity contribution in [3.05, 3.63) is 97.0 Å². The molecule has 0 fully saturated rings. The summed E-state index contributed by atoms with van der Waals surface area (Å²) in [6, 6.07) is 16.0. The summed E-state index contributed by atoms with van der Waals surface area (Å²) < 4.78 is 56.2. The van der Waals surface area contributed by atoms with Crippen molar-refractivity contribution >= 4 is 21.4 Å². The van der Waals surface area contributed by atoms with Gasteiger partial charge in [-0.1, -0.05) is 12.1 Å². The molecule has 0 atom stereocenters. The normalized spacial score (nSPS) is 11.6. The van der Waals surface area contributed by atoms with Crippen LogP contribution < -0.4 is 4.72 Å². The van der Waals surface area contributed by atoms with Crippen LogP contribution in [-0.2, 0) is 10.0 Å². The first-order chi connectivity index (χ1) is 15.9. The number of hydrogen-bond donors (Lipinski definition) is 1. The van der Waals surface area contributed by atoms with Gasteiger partial charge in [-0.2, -0.15) is 5.10 Å². The first-order valence-corrected chi connectivity index (χ1v) is 11.2. The molecule has 0 aliphatic heterocycles. The summed E-state index contributed by atoms with van der Waals surface area (Å²) in [6.07, 6.45) is 5.10. The molecule has 2 aromatic carbocycles. The van der Waals surface area contributed by atoms with Crippen LogP contribution in [0.1, 0.15) is 0 Å². The number of aromatic nitrogens is 4. The summed E-state index contributed by atoms with van der Waals surface area (Å²) >= 11 is 0. The van der Waals surface area contributed by atoms with Crippen molar-refractivity contribution in [3.8, 4) is 22.5 Å². The van der Waals surface area contributed by atoms with Gasteiger partial charge in [-0.05, 0) is 54.6 Å². The van der Waals surface area contributed by atoms with Crippen molar-refractivity contribution in [2.75, 3.05) is 4.72 Å². The van der Waals surface area contributed by atoms with E-state index >= 15 is 0 Å². The molecule has 164 valence electrons. The Morgan fingerprint density at radius 1 is 0.848 bits per heavy atom. The van der Waals surface area contributed by atoms with Crippen LogP contribution in [0.3, 0.4) is 0 Å². The maximum absolute atomic E-state index is 13.9. The third kappa shape index (κ3) is 4.03. The molecule has 3 heterocycles. The number of halogens is 2. The van der Waals surface area contributed by atoms with Crippen molar-refractivity contribution in [1.29, 1.82) is 0 Å². The summed E-state index contributed by atoms with van der Waals surface area (Å²) in [6.45, 7) is 0. The maximum Gasteiger partial charge on any atom is 0.264 e. The Kier molecular flexibility index (Phi) is 5.06. The number of anilines is 1. The van der Waals surface area contributed by atoms with E-state index in [0.29, 0.717) is 17.4 Å². The molecule has 0 aliphatic rings. The standard InChI is InChI=1S/C23H15F2N5O2S/c24-17-3-6-19(25)22(13-17)33(31,32)29-18-4-1-15(2-5-18)20-7-8-23-27-14-21(30(23)28-20)16-9-11-26-12-10-16/h1-14,29H. The van der Waals surface area contributed by atoms with Gasteiger partial charge < -0.3 is 0 Å². The number of hydrogen-bond acceptors (Lipinski definition) is 5. The fraction of sp³-hybridized carbons (Fsp3) is 0. The highest BCUT2D eigenvalue weighted by Crippen LogP contribution is 2.25. The number of benzene rings is 2. The lowest BCUT2D eigenvalue weighted by Gasteiger charge is -2.10. The Bertz CT molecular complexity index is 1570. The minimum Gasteiger partial charge on any atom is -0.280 e. The van der Waals surface area contributed by atoms with Gasteiger partial charge in [0.1, 0.15) is 16.5 Å². The third-order valence-electron chi connectivity index (χ3n) is 4.95. The highest BCUT2D eigenvalue weighted by Gasteiger charge is 2.20. The molecule has 1 N–H and O–H groups in total. The van der Waals surface area contributed by atoms with E-state index in [9.17, 15) is 17.2 Å². The van der Waals surface area contributed by atoms with Gasteiger partial charge in [-0.15, -0.1) is 0 Å². The van der Waals surface area contributed by atoms with Crippen molar-refractivity contribution in [2.24, 2.45) is 0 Å². The fourth-order valence-electron chi connectivity index (χ4n) is 3.35. The lowest BCUT2D eigenvalue weighted by Crippen LogP contribution is -2.14. The lowest BCUT2D eigenvalue weighted by atomic mass is 10.1. The van der Waals surface area contributed by atoms with E-state index in [-0.39, 0.29) is 5.69 Å². The van der Waals surface area contributed by atoms with Crippen LogP contribution in [0.15, 0.2) is 90.2 Å². The molecule has 7 nitrogen and oxygen atoms in total. The number of pyridine rings is 1. The Morgan fingerprint density at radius 3 is 2.36 bits per heavy atom. The Balaban J connectivity index is 1.44. The van der Waals surface area contributed by atoms with Crippen molar-refractivity contribution in [3.63, 3.8) is 0 Å². The minimum absolute atomic E-state index is 0.198. The van der Waals surface area contributed by atoms with E-state index in [1.54, 1.807) is 41.3 Å². The van der Waals surface area contributed by atoms with Gasteiger partial charge in [-0.3, -0.25) is 9.71 Å². The highest BCUT2D eigenvalue weighted by atomic mass is 32.2. The molecule has 5 rings (SSSR count). The van der Waals surface area contributed by atoms with Gasteiger partial charge in [0.25, 0.3) is 10.0 Å². The molecular weight excluding hydrogens is 448 g/mol. The van der Waals surface area contributed by atoms with E-state index < -0.39 is 26.6 Å². The lowest BCUT2D eigenvalue weighted by molar-refractivity contribution is 0.555. The average molecular weight is 463 g/mol. The second-order valence-electron chi connectivity index (χ2n) is 7.13. The van der Waals surface area contributed by atoms with E-state index in [2.05, 4.69) is 19.8 Å². The molecule has 0 saturated carbocycles. The van der Waals surface area contributed by atoms with E-state index in [4.69, 9.17) is 0 Å². The topological polar surface area (TPSA) is 89.2 Å². The van der Waals surface area contributed by atoms with Gasteiger partial charge in [0, 0.05) is 29.2 Å². The molecule has 3 aromatic heterocycles. The van der Waals surface area contributed by atoms with Gasteiger partial charge in [0.15, 0.2) is 5.65 Å². The molecule has 0 amide bonds. The van der Waals surface area contributed by atoms with Crippen LogP contribution in [0.2, 0.25) is 0 Å². The van der Waals surface area contributed by atoms with E-state index in [1.165, 1.54) is 12.1 Å². The van der Waals surface area contributed by atoms with Crippen LogP contribution in [0.25, 0.3) is 28.2 Å². The zero-order chi connectivity index (χ0) is 23.0. The summed E-state index contributed by atoms with van der Waals surface area (Å²) in [5.41, 5.74) is 3.95. The molecule has 10 heteroatoms. The third-order valence-corrected chi connectivity index (χ3v) is 6.35. The SMILES string of the molecule is O=S(=O)(Nc1ccc(-c2ccc3ncc(-c4ccncc4)n3n2)cc1)c1cc(F)ccc1F. The Morgan fingerprint density at radius 2 is 1.61 bits per heavy atom. The monoisotopic (exact) mass is 463 g/mol. The quantitative estimate of drug-likeness (QED) is 0.414. The predicted molar refractivity (Wildman–Crippen MR) is 119 cm³/mol. The average Bonchev–Trinajstić information content (AvgIpc) is 3.25. The molecular formula is C23H15F2N5O2S. The molecule has 5 aromatic rings. The largest absolute Gasteiger partial charge is 0.280 e. The molecule has 33 heavy (non-hydrogen) atoms. The molecule has 0 aliphatic carbocycles. The molecule has 0 saturated heterocycles. The van der Waals surface area contributed by atoms with Crippen LogP contribution in [0.4, 0.5) is 14.5 Å². The van der Waals surface area contributed by atoms with Gasteiger partial charge in [-0.25, -0.2) is 26.7 Å². The summed E-state index contributed by atoms with van der Waals surface area (Å²) in [5, 5.41) is 4.66. The number of rotatable bonds is 5. The number of nitrogens with zero attached hydrogens (tertiary/aromatic N) is 4. The molecule has 0 unspecified atom stereocenters. The summed E-state index contributed by atoms with van der Waals surface area (Å²) in [7, 11) is -4.30. The second-order valence-corrected chi connectivity index (χ2v) is 8.78. The molecule has 0 spiro atoms. The molecule has 0 radical (unpaired) electrons. The van der Waals surface area contributed by atoms with Gasteiger partial charge >= 0.3 is 0 Å². The predicted octanol–water partition coefficient (Wildman–Crippen LogP) is 4.54. The van der Waals surface area contributed by atoms with Crippen molar-refractivity contribution < 1.29 is 17.2 Å². The first kappa shape index (κ1) is 20.7. The zero-order valence-corrected chi connectivity index (χ0v) is 17.7.